The number of urea groups is 1. The highest BCUT2D eigenvalue weighted by atomic mass is 16.2. The summed E-state index contributed by atoms with van der Waals surface area (Å²) in [4.78, 5) is 21.2. The molecule has 5 heteroatoms. The second-order valence-electron chi connectivity index (χ2n) is 6.97. The first-order valence-corrected chi connectivity index (χ1v) is 8.87. The van der Waals surface area contributed by atoms with Crippen LogP contribution in [0.2, 0.25) is 0 Å². The summed E-state index contributed by atoms with van der Waals surface area (Å²) < 4.78 is 0. The number of fused-ring (bicyclic) bond motifs is 1. The van der Waals surface area contributed by atoms with Gasteiger partial charge in [0.25, 0.3) is 0 Å². The second-order valence-corrected chi connectivity index (χ2v) is 6.97. The number of likely N-dealkylation sites (tertiary alicyclic amines) is 2. The smallest absolute Gasteiger partial charge is 0.321 e. The van der Waals surface area contributed by atoms with E-state index in [1.54, 1.807) is 6.20 Å². The lowest BCUT2D eigenvalue weighted by atomic mass is 9.98. The van der Waals surface area contributed by atoms with E-state index >= 15 is 0 Å². The molecule has 2 aliphatic rings. The van der Waals surface area contributed by atoms with E-state index in [4.69, 9.17) is 0 Å². The summed E-state index contributed by atoms with van der Waals surface area (Å²) in [6.07, 6.45) is 7.49. The molecule has 3 heterocycles. The summed E-state index contributed by atoms with van der Waals surface area (Å²) in [5.41, 5.74) is 0.856. The Labute approximate surface area is 142 Å². The molecule has 0 aliphatic carbocycles. The van der Waals surface area contributed by atoms with Crippen LogP contribution in [0.4, 0.5) is 10.5 Å². The molecule has 2 amide bonds. The van der Waals surface area contributed by atoms with E-state index in [-0.39, 0.29) is 6.03 Å². The van der Waals surface area contributed by atoms with Crippen LogP contribution in [0.3, 0.4) is 0 Å². The summed E-state index contributed by atoms with van der Waals surface area (Å²) in [6.45, 7) is 5.16. The third-order valence-corrected chi connectivity index (χ3v) is 5.40. The number of piperidine rings is 1. The zero-order valence-corrected chi connectivity index (χ0v) is 14.1. The maximum atomic E-state index is 12.5. The van der Waals surface area contributed by atoms with Crippen LogP contribution < -0.4 is 5.32 Å². The van der Waals surface area contributed by atoms with E-state index in [0.29, 0.717) is 12.1 Å². The van der Waals surface area contributed by atoms with Crippen molar-refractivity contribution in [2.45, 2.75) is 38.3 Å². The fourth-order valence-electron chi connectivity index (χ4n) is 3.92. The Morgan fingerprint density at radius 3 is 2.96 bits per heavy atom. The van der Waals surface area contributed by atoms with Gasteiger partial charge in [-0.1, -0.05) is 18.6 Å². The Morgan fingerprint density at radius 2 is 2.12 bits per heavy atom. The second kappa shape index (κ2) is 6.40. The fraction of sp³-hybridized carbons (Fsp3) is 0.474. The van der Waals surface area contributed by atoms with Gasteiger partial charge in [0.2, 0.25) is 0 Å². The van der Waals surface area contributed by atoms with E-state index in [1.807, 2.05) is 35.4 Å². The summed E-state index contributed by atoms with van der Waals surface area (Å²) >= 11 is 0. The van der Waals surface area contributed by atoms with Gasteiger partial charge in [-0.3, -0.25) is 9.88 Å². The summed E-state index contributed by atoms with van der Waals surface area (Å²) in [5.74, 6) is 0. The molecule has 0 unspecified atom stereocenters. The van der Waals surface area contributed by atoms with Gasteiger partial charge >= 0.3 is 6.03 Å². The van der Waals surface area contributed by atoms with Crippen LogP contribution in [0.25, 0.3) is 10.8 Å². The Morgan fingerprint density at radius 1 is 1.25 bits per heavy atom. The van der Waals surface area contributed by atoms with E-state index in [0.717, 1.165) is 29.5 Å². The molecule has 0 bridgehead atoms. The summed E-state index contributed by atoms with van der Waals surface area (Å²) in [5, 5.41) is 5.13. The fourth-order valence-corrected chi connectivity index (χ4v) is 3.92. The van der Waals surface area contributed by atoms with E-state index in [9.17, 15) is 4.79 Å². The van der Waals surface area contributed by atoms with Crippen molar-refractivity contribution in [3.8, 4) is 0 Å². The van der Waals surface area contributed by atoms with Crippen LogP contribution in [0.15, 0.2) is 36.7 Å². The lowest BCUT2D eigenvalue weighted by Gasteiger charge is -2.49. The number of nitrogens with one attached hydrogen (secondary N) is 1. The highest BCUT2D eigenvalue weighted by Crippen LogP contribution is 2.26. The number of amides is 2. The highest BCUT2D eigenvalue weighted by Gasteiger charge is 2.37. The van der Waals surface area contributed by atoms with Crippen molar-refractivity contribution in [2.75, 3.05) is 25.0 Å². The topological polar surface area (TPSA) is 48.5 Å². The zero-order valence-electron chi connectivity index (χ0n) is 14.1. The van der Waals surface area contributed by atoms with Crippen molar-refractivity contribution < 1.29 is 4.79 Å². The number of anilines is 1. The minimum Gasteiger partial charge on any atom is -0.321 e. The minimum absolute atomic E-state index is 0.000208. The van der Waals surface area contributed by atoms with E-state index < -0.39 is 0 Å². The normalized spacial score (nSPS) is 22.4. The molecule has 2 fully saturated rings. The molecule has 1 aromatic carbocycles. The number of carbonyl (C=O) groups is 1. The Kier molecular flexibility index (Phi) is 4.10. The third kappa shape index (κ3) is 2.84. The molecule has 2 saturated heterocycles. The molecule has 0 radical (unpaired) electrons. The molecular formula is C19H24N4O. The van der Waals surface area contributed by atoms with Gasteiger partial charge < -0.3 is 10.2 Å². The molecule has 126 valence electrons. The van der Waals surface area contributed by atoms with E-state index in [1.165, 1.54) is 25.8 Å². The van der Waals surface area contributed by atoms with Gasteiger partial charge in [0.1, 0.15) is 0 Å². The van der Waals surface area contributed by atoms with Crippen molar-refractivity contribution in [3.63, 3.8) is 0 Å². The SMILES string of the molecule is C[C@@H]1CCCCN1C1CN(C(=O)Nc2cccc3cnccc23)C1. The molecular weight excluding hydrogens is 300 g/mol. The molecule has 0 spiro atoms. The van der Waals surface area contributed by atoms with Crippen LogP contribution >= 0.6 is 0 Å². The van der Waals surface area contributed by atoms with Crippen LogP contribution in [0.5, 0.6) is 0 Å². The van der Waals surface area contributed by atoms with Gasteiger partial charge in [-0.2, -0.15) is 0 Å². The van der Waals surface area contributed by atoms with Crippen LogP contribution in [0, 0.1) is 0 Å². The summed E-state index contributed by atoms with van der Waals surface area (Å²) in [7, 11) is 0. The summed E-state index contributed by atoms with van der Waals surface area (Å²) in [6, 6.07) is 9.04. The number of aromatic nitrogens is 1. The van der Waals surface area contributed by atoms with Crippen LogP contribution in [-0.4, -0.2) is 52.5 Å². The molecule has 5 nitrogen and oxygen atoms in total. The average Bonchev–Trinajstić information content (AvgIpc) is 2.56. The quantitative estimate of drug-likeness (QED) is 0.922. The van der Waals surface area contributed by atoms with Gasteiger partial charge in [-0.25, -0.2) is 4.79 Å². The van der Waals surface area contributed by atoms with Gasteiger partial charge in [-0.05, 0) is 38.4 Å². The molecule has 24 heavy (non-hydrogen) atoms. The van der Waals surface area contributed by atoms with Gasteiger partial charge in [0.15, 0.2) is 0 Å². The lowest BCUT2D eigenvalue weighted by Crippen LogP contribution is -2.64. The Hall–Kier alpha value is -2.14. The van der Waals surface area contributed by atoms with Gasteiger partial charge in [0, 0.05) is 48.3 Å². The first kappa shape index (κ1) is 15.4. The predicted molar refractivity (Wildman–Crippen MR) is 96.1 cm³/mol. The van der Waals surface area contributed by atoms with Crippen molar-refractivity contribution in [1.29, 1.82) is 0 Å². The van der Waals surface area contributed by atoms with E-state index in [2.05, 4.69) is 22.1 Å². The van der Waals surface area contributed by atoms with Crippen molar-refractivity contribution in [2.24, 2.45) is 0 Å². The van der Waals surface area contributed by atoms with Crippen LogP contribution in [0.1, 0.15) is 26.2 Å². The van der Waals surface area contributed by atoms with Crippen molar-refractivity contribution >= 4 is 22.5 Å². The number of carbonyl (C=O) groups excluding carboxylic acids is 1. The minimum atomic E-state index is 0.000208. The molecule has 1 N–H and O–H groups in total. The number of benzene rings is 1. The van der Waals surface area contributed by atoms with Crippen molar-refractivity contribution in [1.82, 2.24) is 14.8 Å². The Bertz CT molecular complexity index is 736. The first-order valence-electron chi connectivity index (χ1n) is 8.87. The Balaban J connectivity index is 1.39. The molecule has 0 saturated carbocycles. The predicted octanol–water partition coefficient (Wildman–Crippen LogP) is 3.33. The molecule has 2 aromatic rings. The van der Waals surface area contributed by atoms with Gasteiger partial charge in [0.05, 0.1) is 5.69 Å². The first-order chi connectivity index (χ1) is 11.7. The number of hydrogen-bond donors (Lipinski definition) is 1. The number of nitrogens with zero attached hydrogens (tertiary/aromatic N) is 3. The average molecular weight is 324 g/mol. The highest BCUT2D eigenvalue weighted by molar-refractivity contribution is 6.01. The maximum absolute atomic E-state index is 12.5. The lowest BCUT2D eigenvalue weighted by molar-refractivity contribution is 0.0199. The maximum Gasteiger partial charge on any atom is 0.321 e. The number of rotatable bonds is 2. The molecule has 2 aliphatic heterocycles. The van der Waals surface area contributed by atoms with Crippen molar-refractivity contribution in [3.05, 3.63) is 36.7 Å². The molecule has 1 atom stereocenters. The molecule has 4 rings (SSSR count). The molecule has 1 aromatic heterocycles. The van der Waals surface area contributed by atoms with Crippen LogP contribution in [-0.2, 0) is 0 Å². The monoisotopic (exact) mass is 324 g/mol. The van der Waals surface area contributed by atoms with Gasteiger partial charge in [-0.15, -0.1) is 0 Å². The zero-order chi connectivity index (χ0) is 16.5. The standard InChI is InChI=1S/C19H24N4O/c1-14-5-2-3-10-23(14)16-12-22(13-16)19(24)21-18-7-4-6-15-11-20-9-8-17(15)18/h4,6-9,11,14,16H,2-3,5,10,12-13H2,1H3,(H,21,24)/t14-/m1/s1. The largest absolute Gasteiger partial charge is 0.321 e. The number of pyridine rings is 1. The number of hydrogen-bond acceptors (Lipinski definition) is 3. The third-order valence-electron chi connectivity index (χ3n) is 5.40.